The van der Waals surface area contributed by atoms with Gasteiger partial charge in [0.15, 0.2) is 7.83 Å². The number of rotatable bonds is 18. The van der Waals surface area contributed by atoms with Crippen molar-refractivity contribution in [2.24, 2.45) is 0 Å². The second kappa shape index (κ2) is 18.2. The zero-order valence-corrected chi connectivity index (χ0v) is 33.6. The summed E-state index contributed by atoms with van der Waals surface area (Å²) in [7, 11) is -3.27. The summed E-state index contributed by atoms with van der Waals surface area (Å²) in [6.07, 6.45) is 4.20. The predicted molar refractivity (Wildman–Crippen MR) is 210 cm³/mol. The van der Waals surface area contributed by atoms with Gasteiger partial charge in [-0.1, -0.05) is 30.8 Å². The first kappa shape index (κ1) is 41.5. The highest BCUT2D eigenvalue weighted by Crippen LogP contribution is 2.41. The summed E-state index contributed by atoms with van der Waals surface area (Å²) >= 11 is 0. The number of unbranched alkanes of at least 4 members (excludes halogenated alkanes) is 3. The number of esters is 2. The standard InChI is InChI=1S/C40H54F2N2O7Si2/c1-39(2)21-26-53(5,52(3,4)51-39)25-10-24-47-35-18-14-32(15-19-35)40(41,42)50-36-16-11-30(12-17-36)13-20-37(45)48-22-8-6-7-9-23-49-38(46)31-27-33(43)29-34(44)28-31/h11-20,27-29H,6-10,21-26,43-44H2,1-5H3. The van der Waals surface area contributed by atoms with E-state index in [9.17, 15) is 18.4 Å². The van der Waals surface area contributed by atoms with E-state index in [1.54, 1.807) is 36.4 Å². The molecule has 0 amide bonds. The molecule has 3 aromatic carbocycles. The average molecular weight is 769 g/mol. The van der Waals surface area contributed by atoms with E-state index in [1.165, 1.54) is 48.5 Å². The molecule has 0 radical (unpaired) electrons. The molecule has 1 aliphatic heterocycles. The molecule has 4 N–H and O–H groups in total. The van der Waals surface area contributed by atoms with Gasteiger partial charge in [0.2, 0.25) is 0 Å². The van der Waals surface area contributed by atoms with Gasteiger partial charge in [-0.15, -0.1) is 0 Å². The minimum atomic E-state index is -3.55. The molecule has 1 heterocycles. The van der Waals surface area contributed by atoms with Gasteiger partial charge in [-0.2, -0.15) is 8.78 Å². The quantitative estimate of drug-likeness (QED) is 0.0427. The lowest BCUT2D eigenvalue weighted by atomic mass is 10.1. The number of benzene rings is 3. The van der Waals surface area contributed by atoms with Gasteiger partial charge >= 0.3 is 18.0 Å². The van der Waals surface area contributed by atoms with Crippen LogP contribution in [0.2, 0.25) is 31.7 Å². The van der Waals surface area contributed by atoms with E-state index in [1.807, 2.05) is 0 Å². The van der Waals surface area contributed by atoms with Crippen molar-refractivity contribution in [1.29, 1.82) is 0 Å². The van der Waals surface area contributed by atoms with Gasteiger partial charge < -0.3 is 34.8 Å². The zero-order valence-electron chi connectivity index (χ0n) is 31.6. The van der Waals surface area contributed by atoms with Crippen molar-refractivity contribution in [2.45, 2.75) is 95.8 Å². The van der Waals surface area contributed by atoms with Gasteiger partial charge in [0, 0.05) is 17.5 Å². The van der Waals surface area contributed by atoms with Crippen molar-refractivity contribution in [3.63, 3.8) is 0 Å². The number of hydrogen-bond acceptors (Lipinski definition) is 9. The molecular formula is C40H54F2N2O7Si2. The Morgan fingerprint density at radius 1 is 0.830 bits per heavy atom. The summed E-state index contributed by atoms with van der Waals surface area (Å²) in [6, 6.07) is 18.7. The Labute approximate surface area is 313 Å². The molecule has 1 unspecified atom stereocenters. The Morgan fingerprint density at radius 3 is 2.06 bits per heavy atom. The highest BCUT2D eigenvalue weighted by Gasteiger charge is 2.52. The van der Waals surface area contributed by atoms with Gasteiger partial charge in [-0.05, 0) is 132 Å². The average Bonchev–Trinajstić information content (AvgIpc) is 3.08. The molecule has 0 bridgehead atoms. The number of halogens is 2. The Balaban J connectivity index is 1.11. The summed E-state index contributed by atoms with van der Waals surface area (Å²) in [5.41, 5.74) is 12.8. The molecule has 9 nitrogen and oxygen atoms in total. The van der Waals surface area contributed by atoms with Crippen molar-refractivity contribution in [3.8, 4) is 11.5 Å². The van der Waals surface area contributed by atoms with E-state index >= 15 is 0 Å². The van der Waals surface area contributed by atoms with Crippen molar-refractivity contribution in [3.05, 3.63) is 89.5 Å². The lowest BCUT2D eigenvalue weighted by Crippen LogP contribution is -2.65. The topological polar surface area (TPSA) is 132 Å². The van der Waals surface area contributed by atoms with Crippen molar-refractivity contribution in [2.75, 3.05) is 31.3 Å². The molecule has 0 aliphatic carbocycles. The molecule has 4 rings (SSSR count). The third-order valence-electron chi connectivity index (χ3n) is 9.86. The van der Waals surface area contributed by atoms with Crippen LogP contribution in [0.15, 0.2) is 72.8 Å². The van der Waals surface area contributed by atoms with Gasteiger partial charge in [-0.3, -0.25) is 0 Å². The minimum Gasteiger partial charge on any atom is -0.494 e. The van der Waals surface area contributed by atoms with Crippen LogP contribution >= 0.6 is 0 Å². The molecule has 3 aromatic rings. The van der Waals surface area contributed by atoms with Crippen molar-refractivity contribution < 1.29 is 41.7 Å². The van der Waals surface area contributed by atoms with Crippen LogP contribution in [-0.2, 0) is 24.8 Å². The van der Waals surface area contributed by atoms with Crippen LogP contribution in [-0.4, -0.2) is 52.8 Å². The summed E-state index contributed by atoms with van der Waals surface area (Å²) < 4.78 is 58.0. The second-order valence-electron chi connectivity index (χ2n) is 15.0. The molecule has 288 valence electrons. The Kier molecular flexibility index (Phi) is 14.3. The van der Waals surface area contributed by atoms with Gasteiger partial charge in [0.1, 0.15) is 11.5 Å². The summed E-state index contributed by atoms with van der Waals surface area (Å²) in [6.45, 7) is 12.6. The maximum atomic E-state index is 15.0. The molecule has 13 heteroatoms. The van der Waals surface area contributed by atoms with E-state index in [-0.39, 0.29) is 30.1 Å². The fourth-order valence-corrected chi connectivity index (χ4v) is 17.8. The van der Waals surface area contributed by atoms with Crippen LogP contribution in [0.3, 0.4) is 0 Å². The molecule has 1 aliphatic rings. The van der Waals surface area contributed by atoms with Gasteiger partial charge in [0.05, 0.1) is 44.1 Å². The SMILES string of the molecule is CC1(C)CC[Si](C)(CCCOc2ccc(C(F)(F)Oc3ccc(C=CC(=O)OCCCCCCOC(=O)c4cc(N)cc(N)c4)cc3)cc2)[Si](C)(C)O1. The lowest BCUT2D eigenvalue weighted by Gasteiger charge is -2.51. The fourth-order valence-electron chi connectivity index (χ4n) is 6.41. The number of carbonyl (C=O) groups is 2. The summed E-state index contributed by atoms with van der Waals surface area (Å²) in [4.78, 5) is 24.2. The number of nitrogens with two attached hydrogens (primary N) is 2. The number of ether oxygens (including phenoxy) is 4. The molecule has 1 atom stereocenters. The maximum absolute atomic E-state index is 15.0. The molecular weight excluding hydrogens is 715 g/mol. The number of carbonyl (C=O) groups excluding carboxylic acids is 2. The highest BCUT2D eigenvalue weighted by atomic mass is 29.3. The highest BCUT2D eigenvalue weighted by molar-refractivity contribution is 7.38. The number of nitrogen functional groups attached to an aromatic ring is 2. The van der Waals surface area contributed by atoms with E-state index in [4.69, 9.17) is 34.8 Å². The van der Waals surface area contributed by atoms with Crippen LogP contribution in [0.5, 0.6) is 11.5 Å². The summed E-state index contributed by atoms with van der Waals surface area (Å²) in [5.74, 6) is -0.460. The summed E-state index contributed by atoms with van der Waals surface area (Å²) in [5, 5.41) is 0. The van der Waals surface area contributed by atoms with Crippen LogP contribution in [0.25, 0.3) is 6.08 Å². The van der Waals surface area contributed by atoms with Crippen LogP contribution < -0.4 is 20.9 Å². The van der Waals surface area contributed by atoms with E-state index in [0.717, 1.165) is 31.7 Å². The second-order valence-corrected chi connectivity index (χ2v) is 29.6. The third-order valence-corrected chi connectivity index (χ3v) is 27.2. The van der Waals surface area contributed by atoms with Crippen LogP contribution in [0.4, 0.5) is 20.2 Å². The predicted octanol–water partition coefficient (Wildman–Crippen LogP) is 9.28. The molecule has 0 aromatic heterocycles. The van der Waals surface area contributed by atoms with Crippen LogP contribution in [0.1, 0.15) is 73.9 Å². The third kappa shape index (κ3) is 12.7. The number of hydrogen-bond donors (Lipinski definition) is 2. The zero-order chi connectivity index (χ0) is 38.7. The van der Waals surface area contributed by atoms with Crippen LogP contribution in [0, 0.1) is 0 Å². The van der Waals surface area contributed by atoms with Gasteiger partial charge in [-0.25, -0.2) is 9.59 Å². The van der Waals surface area contributed by atoms with Crippen molar-refractivity contribution >= 4 is 44.8 Å². The van der Waals surface area contributed by atoms with Crippen molar-refractivity contribution in [1.82, 2.24) is 0 Å². The number of alkyl halides is 2. The first-order valence-corrected chi connectivity index (χ1v) is 25.1. The normalized spacial score (nSPS) is 18.0. The Hall–Kier alpha value is -4.21. The van der Waals surface area contributed by atoms with E-state index in [0.29, 0.717) is 47.7 Å². The molecule has 1 fully saturated rings. The molecule has 1 saturated heterocycles. The Morgan fingerprint density at radius 2 is 1.43 bits per heavy atom. The smallest absolute Gasteiger partial charge is 0.426 e. The molecule has 0 saturated carbocycles. The van der Waals surface area contributed by atoms with E-state index in [2.05, 4.69) is 33.5 Å². The van der Waals surface area contributed by atoms with E-state index < -0.39 is 33.5 Å². The molecule has 53 heavy (non-hydrogen) atoms. The lowest BCUT2D eigenvalue weighted by molar-refractivity contribution is -0.185. The Bertz CT molecular complexity index is 1680. The first-order chi connectivity index (χ1) is 25.0. The van der Waals surface area contributed by atoms with Gasteiger partial charge in [0.25, 0.3) is 0 Å². The molecule has 0 spiro atoms. The minimum absolute atomic E-state index is 0.0153. The monoisotopic (exact) mass is 768 g/mol. The number of anilines is 2. The fraction of sp³-hybridized carbons (Fsp3) is 0.450. The maximum Gasteiger partial charge on any atom is 0.426 e. The first-order valence-electron chi connectivity index (χ1n) is 18.3. The largest absolute Gasteiger partial charge is 0.494 e.